The van der Waals surface area contributed by atoms with Gasteiger partial charge in [-0.05, 0) is 0 Å². The Morgan fingerprint density at radius 2 is 0.800 bits per heavy atom. The quantitative estimate of drug-likeness (QED) is 0.281. The van der Waals surface area contributed by atoms with Crippen LogP contribution in [0.4, 0.5) is 0 Å². The Morgan fingerprint density at radius 3 is 0.800 bits per heavy atom. The van der Waals surface area contributed by atoms with Crippen LogP contribution in [0.1, 0.15) is 0 Å². The average molecular weight is 70.9 g/mol. The van der Waals surface area contributed by atoms with Gasteiger partial charge in [-0.1, -0.05) is 0 Å². The summed E-state index contributed by atoms with van der Waals surface area (Å²) >= 11 is 0. The third kappa shape index (κ3) is 1.34. The SMILES string of the molecule is O1OOO1.[Li]. The van der Waals surface area contributed by atoms with E-state index in [4.69, 9.17) is 0 Å². The molecule has 0 spiro atoms. The van der Waals surface area contributed by atoms with Gasteiger partial charge in [-0.25, -0.2) is 0 Å². The third-order valence-electron chi connectivity index (χ3n) is 0.111. The van der Waals surface area contributed by atoms with Gasteiger partial charge in [0.15, 0.2) is 0 Å². The van der Waals surface area contributed by atoms with Crippen LogP contribution in [0, 0.1) is 0 Å². The van der Waals surface area contributed by atoms with Gasteiger partial charge in [0.25, 0.3) is 0 Å². The van der Waals surface area contributed by atoms with Crippen molar-refractivity contribution in [2.45, 2.75) is 0 Å². The maximum Gasteiger partial charge on any atom is 0 e. The average Bonchev–Trinajstić information content (AvgIpc) is 0.722. The van der Waals surface area contributed by atoms with E-state index < -0.39 is 0 Å². The van der Waals surface area contributed by atoms with Gasteiger partial charge in [-0.3, -0.25) is 0 Å². The van der Waals surface area contributed by atoms with Gasteiger partial charge in [0.05, 0.1) is 0 Å². The summed E-state index contributed by atoms with van der Waals surface area (Å²) in [6, 6.07) is 0. The fourth-order valence-electron chi connectivity index (χ4n) is 0.0278. The first kappa shape index (κ1) is 5.44. The van der Waals surface area contributed by atoms with E-state index in [1.54, 1.807) is 0 Å². The fourth-order valence-corrected chi connectivity index (χ4v) is 0.0278. The van der Waals surface area contributed by atoms with Crippen LogP contribution in [0.5, 0.6) is 0 Å². The molecule has 0 aromatic heterocycles. The summed E-state index contributed by atoms with van der Waals surface area (Å²) in [4.78, 5) is 0. The molecule has 5 heteroatoms. The zero-order valence-corrected chi connectivity index (χ0v) is 2.63. The standard InChI is InChI=1S/Li.O4/c;1-2-4-3-1. The molecule has 1 heterocycles. The number of hydrogen-bond acceptors (Lipinski definition) is 4. The Morgan fingerprint density at radius 1 is 0.600 bits per heavy atom. The van der Waals surface area contributed by atoms with Crippen molar-refractivity contribution in [2.24, 2.45) is 0 Å². The van der Waals surface area contributed by atoms with Gasteiger partial charge in [-0.2, -0.15) is 0 Å². The van der Waals surface area contributed by atoms with Crippen molar-refractivity contribution < 1.29 is 20.2 Å². The molecule has 1 aliphatic heterocycles. The summed E-state index contributed by atoms with van der Waals surface area (Å²) < 4.78 is 0. The summed E-state index contributed by atoms with van der Waals surface area (Å²) in [5, 5.41) is 14.0. The normalized spacial score (nSPS) is 19.2. The summed E-state index contributed by atoms with van der Waals surface area (Å²) in [5.41, 5.74) is 0. The van der Waals surface area contributed by atoms with Crippen molar-refractivity contribution in [2.75, 3.05) is 0 Å². The van der Waals surface area contributed by atoms with Crippen LogP contribution in [0.3, 0.4) is 0 Å². The fraction of sp³-hybridized carbons (Fsp3) is 0. The van der Waals surface area contributed by atoms with Crippen LogP contribution >= 0.6 is 0 Å². The molecule has 1 saturated heterocycles. The molecule has 1 radical (unpaired) electrons. The smallest absolute Gasteiger partial charge is 0 e. The van der Waals surface area contributed by atoms with E-state index in [-0.39, 0.29) is 18.9 Å². The molecule has 0 saturated carbocycles. The van der Waals surface area contributed by atoms with E-state index in [1.165, 1.54) is 0 Å². The van der Waals surface area contributed by atoms with Crippen molar-refractivity contribution in [3.8, 4) is 0 Å². The van der Waals surface area contributed by atoms with Gasteiger partial charge >= 0.3 is 0 Å². The molecule has 1 rings (SSSR count). The Bertz CT molecular complexity index is 11.6. The maximum absolute atomic E-state index is 3.50. The van der Waals surface area contributed by atoms with Gasteiger partial charge < -0.3 is 0 Å². The van der Waals surface area contributed by atoms with Crippen LogP contribution in [0.25, 0.3) is 0 Å². The molecule has 0 bridgehead atoms. The molecule has 1 aliphatic rings. The van der Waals surface area contributed by atoms with Crippen molar-refractivity contribution in [1.29, 1.82) is 0 Å². The van der Waals surface area contributed by atoms with Crippen molar-refractivity contribution >= 4 is 18.9 Å². The van der Waals surface area contributed by atoms with Gasteiger partial charge in [0, 0.05) is 39.0 Å². The molecule has 5 heavy (non-hydrogen) atoms. The minimum Gasteiger partial charge on any atom is 0 e. The summed E-state index contributed by atoms with van der Waals surface area (Å²) in [5.74, 6) is 0. The Labute approximate surface area is 39.8 Å². The molecule has 0 amide bonds. The third-order valence-corrected chi connectivity index (χ3v) is 0.111. The molecule has 0 aliphatic carbocycles. The van der Waals surface area contributed by atoms with E-state index in [0.717, 1.165) is 0 Å². The van der Waals surface area contributed by atoms with E-state index >= 15 is 0 Å². The van der Waals surface area contributed by atoms with E-state index in [0.29, 0.717) is 0 Å². The molecule has 0 aromatic carbocycles. The first-order valence-electron chi connectivity index (χ1n) is 0.667. The van der Waals surface area contributed by atoms with Crippen LogP contribution in [0.15, 0.2) is 0 Å². The molecule has 0 unspecified atom stereocenters. The minimum absolute atomic E-state index is 0. The zero-order chi connectivity index (χ0) is 2.83. The molecule has 0 N–H and O–H groups in total. The van der Waals surface area contributed by atoms with Crippen molar-refractivity contribution in [3.05, 3.63) is 0 Å². The second-order valence-electron chi connectivity index (χ2n) is 0.272. The molecule has 1 fully saturated rings. The second kappa shape index (κ2) is 2.66. The van der Waals surface area contributed by atoms with E-state index in [2.05, 4.69) is 20.2 Å². The van der Waals surface area contributed by atoms with Gasteiger partial charge in [0.1, 0.15) is 0 Å². The second-order valence-corrected chi connectivity index (χ2v) is 0.272. The predicted octanol–water partition coefficient (Wildman–Crippen LogP) is -0.654. The topological polar surface area (TPSA) is 36.9 Å². The number of hydrogen-bond donors (Lipinski definition) is 0. The molecular weight excluding hydrogens is 70.9 g/mol. The predicted molar refractivity (Wildman–Crippen MR) is 10.1 cm³/mol. The van der Waals surface area contributed by atoms with Crippen LogP contribution in [0.2, 0.25) is 0 Å². The Hall–Kier alpha value is 0.437. The van der Waals surface area contributed by atoms with Crippen LogP contribution in [-0.4, -0.2) is 18.9 Å². The van der Waals surface area contributed by atoms with Crippen LogP contribution in [-0.2, 0) is 20.2 Å². The van der Waals surface area contributed by atoms with Crippen molar-refractivity contribution in [3.63, 3.8) is 0 Å². The van der Waals surface area contributed by atoms with Crippen LogP contribution < -0.4 is 0 Å². The van der Waals surface area contributed by atoms with Crippen molar-refractivity contribution in [1.82, 2.24) is 0 Å². The van der Waals surface area contributed by atoms with Gasteiger partial charge in [0.2, 0.25) is 0 Å². The molecule has 0 atom stereocenters. The maximum atomic E-state index is 3.50. The molecule has 25 valence electrons. The molecule has 4 nitrogen and oxygen atoms in total. The first-order chi connectivity index (χ1) is 2.00. The molecular formula is LiO4. The largest absolute Gasteiger partial charge is 0 e. The zero-order valence-electron chi connectivity index (χ0n) is 2.63. The molecule has 0 aromatic rings. The first-order valence-corrected chi connectivity index (χ1v) is 0.667. The van der Waals surface area contributed by atoms with Gasteiger partial charge in [-0.15, -0.1) is 0 Å². The summed E-state index contributed by atoms with van der Waals surface area (Å²) in [7, 11) is 0. The Kier molecular flexibility index (Phi) is 2.90. The monoisotopic (exact) mass is 71.0 g/mol. The van der Waals surface area contributed by atoms with E-state index in [1.807, 2.05) is 0 Å². The Balaban J connectivity index is 0.000000160. The summed E-state index contributed by atoms with van der Waals surface area (Å²) in [6.07, 6.45) is 0. The van der Waals surface area contributed by atoms with E-state index in [9.17, 15) is 0 Å². The summed E-state index contributed by atoms with van der Waals surface area (Å²) in [6.45, 7) is 0. The minimum atomic E-state index is 0. The number of rotatable bonds is 0.